The van der Waals surface area contributed by atoms with Crippen LogP contribution in [0.3, 0.4) is 0 Å². The van der Waals surface area contributed by atoms with Crippen LogP contribution >= 0.6 is 0 Å². The van der Waals surface area contributed by atoms with Gasteiger partial charge in [-0.2, -0.15) is 0 Å². The van der Waals surface area contributed by atoms with Crippen molar-refractivity contribution in [3.05, 3.63) is 102 Å². The van der Waals surface area contributed by atoms with Gasteiger partial charge >= 0.3 is 0 Å². The quantitative estimate of drug-likeness (QED) is 0.420. The number of rotatable bonds is 10. The summed E-state index contributed by atoms with van der Waals surface area (Å²) in [6.07, 6.45) is 1.18. The highest BCUT2D eigenvalue weighted by atomic mass is 32.2. The van der Waals surface area contributed by atoms with Crippen LogP contribution in [0.25, 0.3) is 0 Å². The van der Waals surface area contributed by atoms with E-state index in [4.69, 9.17) is 0 Å². The monoisotopic (exact) mass is 539 g/mol. The number of nitrogens with one attached hydrogen (secondary N) is 1. The number of nitrogens with zero attached hydrogens (tertiary/aromatic N) is 2. The molecule has 3 rings (SSSR count). The molecule has 202 valence electrons. The molecule has 0 spiro atoms. The van der Waals surface area contributed by atoms with Gasteiger partial charge < -0.3 is 10.2 Å². The lowest BCUT2D eigenvalue weighted by Crippen LogP contribution is -2.56. The van der Waals surface area contributed by atoms with Crippen LogP contribution in [0.1, 0.15) is 31.9 Å². The third-order valence-corrected chi connectivity index (χ3v) is 6.93. The Hall–Kier alpha value is -3.72. The predicted octanol–water partition coefficient (Wildman–Crippen LogP) is 4.15. The molecule has 0 saturated carbocycles. The van der Waals surface area contributed by atoms with Gasteiger partial charge in [-0.15, -0.1) is 0 Å². The Morgan fingerprint density at radius 3 is 2.00 bits per heavy atom. The van der Waals surface area contributed by atoms with E-state index in [2.05, 4.69) is 5.32 Å². The third kappa shape index (κ3) is 8.14. The number of amides is 2. The van der Waals surface area contributed by atoms with Gasteiger partial charge in [0.2, 0.25) is 21.8 Å². The zero-order valence-corrected chi connectivity index (χ0v) is 22.9. The molecule has 2 amide bonds. The topological polar surface area (TPSA) is 86.8 Å². The Morgan fingerprint density at radius 1 is 0.895 bits per heavy atom. The molecule has 7 nitrogen and oxygen atoms in total. The fourth-order valence-corrected chi connectivity index (χ4v) is 4.87. The smallest absolute Gasteiger partial charge is 0.244 e. The number of hydrogen-bond donors (Lipinski definition) is 1. The maximum atomic E-state index is 14.7. The van der Waals surface area contributed by atoms with Crippen molar-refractivity contribution in [1.29, 1.82) is 0 Å². The van der Waals surface area contributed by atoms with Crippen LogP contribution < -0.4 is 9.62 Å². The summed E-state index contributed by atoms with van der Waals surface area (Å²) in [7, 11) is -3.85. The lowest BCUT2D eigenvalue weighted by Gasteiger charge is -2.35. The largest absolute Gasteiger partial charge is 0.350 e. The van der Waals surface area contributed by atoms with Crippen LogP contribution in [0.4, 0.5) is 10.1 Å². The molecule has 0 saturated heterocycles. The van der Waals surface area contributed by atoms with Gasteiger partial charge in [0, 0.05) is 24.1 Å². The highest BCUT2D eigenvalue weighted by Gasteiger charge is 2.34. The maximum Gasteiger partial charge on any atom is 0.244 e. The minimum absolute atomic E-state index is 0.160. The number of anilines is 1. The van der Waals surface area contributed by atoms with Gasteiger partial charge in [-0.25, -0.2) is 12.8 Å². The molecule has 0 bridgehead atoms. The van der Waals surface area contributed by atoms with E-state index in [0.717, 1.165) is 16.1 Å². The minimum Gasteiger partial charge on any atom is -0.350 e. The van der Waals surface area contributed by atoms with E-state index < -0.39 is 45.8 Å². The summed E-state index contributed by atoms with van der Waals surface area (Å²) < 4.78 is 41.1. The first-order valence-corrected chi connectivity index (χ1v) is 14.1. The third-order valence-electron chi connectivity index (χ3n) is 5.79. The first-order chi connectivity index (χ1) is 17.8. The van der Waals surface area contributed by atoms with Crippen LogP contribution in [0.15, 0.2) is 84.9 Å². The number of para-hydroxylation sites is 1. The van der Waals surface area contributed by atoms with E-state index >= 15 is 0 Å². The summed E-state index contributed by atoms with van der Waals surface area (Å²) >= 11 is 0. The van der Waals surface area contributed by atoms with E-state index in [-0.39, 0.29) is 18.5 Å². The first kappa shape index (κ1) is 28.8. The zero-order valence-electron chi connectivity index (χ0n) is 22.1. The Balaban J connectivity index is 2.07. The van der Waals surface area contributed by atoms with Gasteiger partial charge in [-0.05, 0) is 44.5 Å². The van der Waals surface area contributed by atoms with Crippen molar-refractivity contribution in [2.45, 2.75) is 45.3 Å². The van der Waals surface area contributed by atoms with Crippen molar-refractivity contribution >= 4 is 27.5 Å². The Morgan fingerprint density at radius 2 is 1.45 bits per heavy atom. The Kier molecular flexibility index (Phi) is 9.27. The normalized spacial score (nSPS) is 12.4. The van der Waals surface area contributed by atoms with Crippen molar-refractivity contribution in [2.24, 2.45) is 0 Å². The summed E-state index contributed by atoms with van der Waals surface area (Å²) in [5, 5.41) is 2.93. The molecule has 3 aromatic carbocycles. The van der Waals surface area contributed by atoms with Gasteiger partial charge in [-0.1, -0.05) is 66.7 Å². The second kappa shape index (κ2) is 12.2. The second-order valence-electron chi connectivity index (χ2n) is 10.2. The maximum absolute atomic E-state index is 14.7. The number of carbonyl (C=O) groups excluding carboxylic acids is 2. The predicted molar refractivity (Wildman–Crippen MR) is 147 cm³/mol. The molecule has 3 aromatic rings. The molecule has 0 radical (unpaired) electrons. The molecule has 0 heterocycles. The van der Waals surface area contributed by atoms with Crippen molar-refractivity contribution < 1.29 is 22.4 Å². The van der Waals surface area contributed by atoms with Crippen LogP contribution in [0.2, 0.25) is 0 Å². The molecule has 38 heavy (non-hydrogen) atoms. The summed E-state index contributed by atoms with van der Waals surface area (Å²) in [4.78, 5) is 28.8. The lowest BCUT2D eigenvalue weighted by molar-refractivity contribution is -0.140. The lowest BCUT2D eigenvalue weighted by atomic mass is 10.0. The summed E-state index contributed by atoms with van der Waals surface area (Å²) in [6, 6.07) is 22.4. The molecule has 1 unspecified atom stereocenters. The number of halogens is 1. The first-order valence-electron chi connectivity index (χ1n) is 12.3. The van der Waals surface area contributed by atoms with Gasteiger partial charge in [-0.3, -0.25) is 13.9 Å². The van der Waals surface area contributed by atoms with Crippen molar-refractivity contribution in [3.63, 3.8) is 0 Å². The van der Waals surface area contributed by atoms with E-state index in [1.54, 1.807) is 48.5 Å². The highest BCUT2D eigenvalue weighted by molar-refractivity contribution is 7.92. The van der Waals surface area contributed by atoms with E-state index in [0.29, 0.717) is 5.69 Å². The SMILES string of the molecule is CC(C)(C)NC(=O)C(Cc1ccccc1)N(Cc1ccccc1F)C(=O)CN(c1ccccc1)S(C)(=O)=O. The van der Waals surface area contributed by atoms with Gasteiger partial charge in [0.15, 0.2) is 0 Å². The molecule has 0 aliphatic carbocycles. The highest BCUT2D eigenvalue weighted by Crippen LogP contribution is 2.21. The number of sulfonamides is 1. The van der Waals surface area contributed by atoms with Gasteiger partial charge in [0.05, 0.1) is 11.9 Å². The summed E-state index contributed by atoms with van der Waals surface area (Å²) in [5.74, 6) is -1.58. The van der Waals surface area contributed by atoms with Crippen LogP contribution in [-0.4, -0.2) is 49.5 Å². The van der Waals surface area contributed by atoms with Crippen LogP contribution in [0, 0.1) is 5.82 Å². The molecule has 1 atom stereocenters. The average Bonchev–Trinajstić information content (AvgIpc) is 2.85. The van der Waals surface area contributed by atoms with Crippen molar-refractivity contribution in [3.8, 4) is 0 Å². The van der Waals surface area contributed by atoms with Gasteiger partial charge in [0.1, 0.15) is 18.4 Å². The molecule has 0 aliphatic rings. The Bertz CT molecular complexity index is 1340. The number of carbonyl (C=O) groups is 2. The van der Waals surface area contributed by atoms with E-state index in [1.807, 2.05) is 51.1 Å². The van der Waals surface area contributed by atoms with Crippen LogP contribution in [-0.2, 0) is 32.6 Å². The summed E-state index contributed by atoms with van der Waals surface area (Å²) in [6.45, 7) is 4.72. The zero-order chi connectivity index (χ0) is 27.9. The molecule has 0 aromatic heterocycles. The van der Waals surface area contributed by atoms with E-state index in [9.17, 15) is 22.4 Å². The fourth-order valence-electron chi connectivity index (χ4n) is 4.02. The van der Waals surface area contributed by atoms with Gasteiger partial charge in [0.25, 0.3) is 0 Å². The van der Waals surface area contributed by atoms with Crippen molar-refractivity contribution in [2.75, 3.05) is 17.1 Å². The van der Waals surface area contributed by atoms with Crippen molar-refractivity contribution in [1.82, 2.24) is 10.2 Å². The average molecular weight is 540 g/mol. The molecule has 1 N–H and O–H groups in total. The molecular formula is C29H34FN3O4S. The van der Waals surface area contributed by atoms with Crippen LogP contribution in [0.5, 0.6) is 0 Å². The fraction of sp³-hybridized carbons (Fsp3) is 0.310. The Labute approximate surface area is 224 Å². The number of benzene rings is 3. The number of hydrogen-bond acceptors (Lipinski definition) is 4. The minimum atomic E-state index is -3.85. The molecular weight excluding hydrogens is 505 g/mol. The molecule has 0 aliphatic heterocycles. The second-order valence-corrected chi connectivity index (χ2v) is 12.1. The standard InChI is InChI=1S/C29H34FN3O4S/c1-29(2,3)31-28(35)26(19-22-13-7-5-8-14-22)32(20-23-15-11-12-18-25(23)30)27(34)21-33(38(4,36)37)24-16-9-6-10-17-24/h5-18,26H,19-21H2,1-4H3,(H,31,35). The summed E-state index contributed by atoms with van der Waals surface area (Å²) in [5.41, 5.74) is 0.735. The van der Waals surface area contributed by atoms with E-state index in [1.165, 1.54) is 11.0 Å². The molecule has 9 heteroatoms. The molecule has 0 fully saturated rings.